The number of ether oxygens (including phenoxy) is 2. The predicted octanol–water partition coefficient (Wildman–Crippen LogP) is 3.38. The van der Waals surface area contributed by atoms with Crippen LogP contribution in [0.2, 0.25) is 0 Å². The van der Waals surface area contributed by atoms with Crippen molar-refractivity contribution in [1.29, 1.82) is 0 Å². The van der Waals surface area contributed by atoms with Crippen molar-refractivity contribution in [2.45, 2.75) is 46.8 Å². The zero-order chi connectivity index (χ0) is 12.0. The molecule has 0 radical (unpaired) electrons. The second-order valence-corrected chi connectivity index (χ2v) is 5.73. The fraction of sp³-hybridized carbons (Fsp3) is 0.857. The molecule has 16 heavy (non-hydrogen) atoms. The van der Waals surface area contributed by atoms with Crippen LogP contribution in [-0.2, 0) is 9.47 Å². The van der Waals surface area contributed by atoms with Crippen molar-refractivity contribution in [2.75, 3.05) is 13.2 Å². The second kappa shape index (κ2) is 3.85. The normalized spacial score (nSPS) is 43.2. The van der Waals surface area contributed by atoms with E-state index in [2.05, 4.69) is 40.7 Å². The Kier molecular flexibility index (Phi) is 2.92. The highest BCUT2D eigenvalue weighted by Gasteiger charge is 2.56. The van der Waals surface area contributed by atoms with Gasteiger partial charge in [-0.2, -0.15) is 0 Å². The summed E-state index contributed by atoms with van der Waals surface area (Å²) in [6, 6.07) is 0. The summed E-state index contributed by atoms with van der Waals surface area (Å²) in [5, 5.41) is 0. The molecule has 0 saturated carbocycles. The van der Waals surface area contributed by atoms with Gasteiger partial charge in [-0.15, -0.1) is 0 Å². The SMILES string of the molecule is CC1=CC[C@@H](C)[C@](C)(C2(C)OCCO2)C1C. The highest BCUT2D eigenvalue weighted by atomic mass is 16.7. The van der Waals surface area contributed by atoms with Crippen molar-refractivity contribution in [2.24, 2.45) is 17.3 Å². The van der Waals surface area contributed by atoms with Gasteiger partial charge in [0, 0.05) is 5.41 Å². The lowest BCUT2D eigenvalue weighted by Gasteiger charge is -2.52. The molecular formula is C14H24O2. The summed E-state index contributed by atoms with van der Waals surface area (Å²) >= 11 is 0. The van der Waals surface area contributed by atoms with Gasteiger partial charge in [-0.3, -0.25) is 0 Å². The largest absolute Gasteiger partial charge is 0.347 e. The molecule has 1 aliphatic heterocycles. The lowest BCUT2D eigenvalue weighted by molar-refractivity contribution is -0.249. The van der Waals surface area contributed by atoms with Gasteiger partial charge < -0.3 is 9.47 Å². The third-order valence-electron chi connectivity index (χ3n) is 5.22. The van der Waals surface area contributed by atoms with Crippen LogP contribution < -0.4 is 0 Å². The van der Waals surface area contributed by atoms with E-state index in [9.17, 15) is 0 Å². The first kappa shape index (κ1) is 12.1. The summed E-state index contributed by atoms with van der Waals surface area (Å²) in [6.07, 6.45) is 3.50. The molecule has 0 aromatic rings. The third-order valence-corrected chi connectivity index (χ3v) is 5.22. The van der Waals surface area contributed by atoms with E-state index in [4.69, 9.17) is 9.47 Å². The fourth-order valence-corrected chi connectivity index (χ4v) is 3.35. The predicted molar refractivity (Wildman–Crippen MR) is 65.1 cm³/mol. The summed E-state index contributed by atoms with van der Waals surface area (Å²) in [5.74, 6) is 0.690. The lowest BCUT2D eigenvalue weighted by atomic mass is 9.58. The third kappa shape index (κ3) is 1.46. The van der Waals surface area contributed by atoms with Crippen LogP contribution in [0.15, 0.2) is 11.6 Å². The highest BCUT2D eigenvalue weighted by molar-refractivity contribution is 5.16. The quantitative estimate of drug-likeness (QED) is 0.636. The van der Waals surface area contributed by atoms with Gasteiger partial charge in [-0.1, -0.05) is 32.4 Å². The summed E-state index contributed by atoms with van der Waals surface area (Å²) in [6.45, 7) is 12.7. The van der Waals surface area contributed by atoms with Crippen LogP contribution in [-0.4, -0.2) is 19.0 Å². The van der Waals surface area contributed by atoms with E-state index in [1.807, 2.05) is 0 Å². The molecule has 0 spiro atoms. The Bertz CT molecular complexity index is 302. The van der Waals surface area contributed by atoms with Gasteiger partial charge >= 0.3 is 0 Å². The Labute approximate surface area is 99.0 Å². The molecule has 1 saturated heterocycles. The van der Waals surface area contributed by atoms with E-state index < -0.39 is 5.79 Å². The molecule has 3 atom stereocenters. The summed E-state index contributed by atoms with van der Waals surface area (Å²) in [7, 11) is 0. The molecule has 2 rings (SSSR count). The molecule has 0 N–H and O–H groups in total. The lowest BCUT2D eigenvalue weighted by Crippen LogP contribution is -2.54. The first-order valence-electron chi connectivity index (χ1n) is 6.36. The average Bonchev–Trinajstić information content (AvgIpc) is 2.69. The Morgan fingerprint density at radius 1 is 1.19 bits per heavy atom. The molecule has 1 heterocycles. The molecule has 0 aromatic heterocycles. The number of allylic oxidation sites excluding steroid dienone is 2. The van der Waals surface area contributed by atoms with Crippen molar-refractivity contribution in [1.82, 2.24) is 0 Å². The minimum Gasteiger partial charge on any atom is -0.347 e. The smallest absolute Gasteiger partial charge is 0.171 e. The molecule has 92 valence electrons. The Balaban J connectivity index is 2.38. The van der Waals surface area contributed by atoms with Gasteiger partial charge in [-0.25, -0.2) is 0 Å². The maximum Gasteiger partial charge on any atom is 0.171 e. The van der Waals surface area contributed by atoms with Crippen molar-refractivity contribution in [3.8, 4) is 0 Å². The van der Waals surface area contributed by atoms with E-state index in [0.29, 0.717) is 11.8 Å². The first-order valence-corrected chi connectivity index (χ1v) is 6.36. The van der Waals surface area contributed by atoms with Gasteiger partial charge in [0.25, 0.3) is 0 Å². The monoisotopic (exact) mass is 224 g/mol. The van der Waals surface area contributed by atoms with Gasteiger partial charge in [0.15, 0.2) is 5.79 Å². The minimum atomic E-state index is -0.415. The fourth-order valence-electron chi connectivity index (χ4n) is 3.35. The Morgan fingerprint density at radius 3 is 2.31 bits per heavy atom. The average molecular weight is 224 g/mol. The summed E-state index contributed by atoms with van der Waals surface area (Å²) < 4.78 is 11.8. The standard InChI is InChI=1S/C14H24O2/c1-10-6-7-11(2)13(4,12(10)3)14(5)15-8-9-16-14/h6,11-12H,7-9H2,1-5H3/t11-,12?,13+/m1/s1. The van der Waals surface area contributed by atoms with Crippen molar-refractivity contribution in [3.05, 3.63) is 11.6 Å². The van der Waals surface area contributed by atoms with Gasteiger partial charge in [-0.05, 0) is 32.1 Å². The molecular weight excluding hydrogens is 200 g/mol. The molecule has 1 fully saturated rings. The zero-order valence-electron chi connectivity index (χ0n) is 11.2. The maximum atomic E-state index is 5.92. The van der Waals surface area contributed by atoms with Crippen LogP contribution in [0.3, 0.4) is 0 Å². The zero-order valence-corrected chi connectivity index (χ0v) is 11.2. The molecule has 0 aromatic carbocycles. The van der Waals surface area contributed by atoms with E-state index in [-0.39, 0.29) is 5.41 Å². The second-order valence-electron chi connectivity index (χ2n) is 5.73. The van der Waals surface area contributed by atoms with Crippen LogP contribution in [0, 0.1) is 17.3 Å². The number of rotatable bonds is 1. The van der Waals surface area contributed by atoms with E-state index in [1.165, 1.54) is 5.57 Å². The van der Waals surface area contributed by atoms with Crippen LogP contribution in [0.5, 0.6) is 0 Å². The topological polar surface area (TPSA) is 18.5 Å². The summed E-state index contributed by atoms with van der Waals surface area (Å²) in [5.41, 5.74) is 1.54. The summed E-state index contributed by atoms with van der Waals surface area (Å²) in [4.78, 5) is 0. The Hall–Kier alpha value is -0.340. The van der Waals surface area contributed by atoms with E-state index >= 15 is 0 Å². The van der Waals surface area contributed by atoms with Crippen molar-refractivity contribution >= 4 is 0 Å². The molecule has 0 bridgehead atoms. The number of hydrogen-bond donors (Lipinski definition) is 0. The first-order chi connectivity index (χ1) is 7.42. The van der Waals surface area contributed by atoms with E-state index in [1.54, 1.807) is 0 Å². The van der Waals surface area contributed by atoms with E-state index in [0.717, 1.165) is 19.6 Å². The van der Waals surface area contributed by atoms with Crippen molar-refractivity contribution < 1.29 is 9.47 Å². The van der Waals surface area contributed by atoms with Gasteiger partial charge in [0.05, 0.1) is 13.2 Å². The van der Waals surface area contributed by atoms with Crippen LogP contribution >= 0.6 is 0 Å². The van der Waals surface area contributed by atoms with Crippen LogP contribution in [0.4, 0.5) is 0 Å². The molecule has 1 unspecified atom stereocenters. The minimum absolute atomic E-state index is 0.0718. The Morgan fingerprint density at radius 2 is 1.75 bits per heavy atom. The van der Waals surface area contributed by atoms with Crippen molar-refractivity contribution in [3.63, 3.8) is 0 Å². The van der Waals surface area contributed by atoms with Crippen LogP contribution in [0.25, 0.3) is 0 Å². The molecule has 1 aliphatic carbocycles. The van der Waals surface area contributed by atoms with Gasteiger partial charge in [0.2, 0.25) is 0 Å². The molecule has 2 heteroatoms. The van der Waals surface area contributed by atoms with Crippen LogP contribution in [0.1, 0.15) is 41.0 Å². The van der Waals surface area contributed by atoms with Gasteiger partial charge in [0.1, 0.15) is 0 Å². The molecule has 2 aliphatic rings. The maximum absolute atomic E-state index is 5.92. The molecule has 2 nitrogen and oxygen atoms in total. The number of hydrogen-bond acceptors (Lipinski definition) is 2. The molecule has 0 amide bonds. The highest BCUT2D eigenvalue weighted by Crippen LogP contribution is 2.54.